The summed E-state index contributed by atoms with van der Waals surface area (Å²) in [5.41, 5.74) is 7.62. The quantitative estimate of drug-likeness (QED) is 0.862. The van der Waals surface area contributed by atoms with E-state index >= 15 is 0 Å². The molecular formula is C19H16N2O4. The van der Waals surface area contributed by atoms with Crippen LogP contribution < -0.4 is 5.73 Å². The van der Waals surface area contributed by atoms with Gasteiger partial charge in [-0.2, -0.15) is 5.26 Å². The lowest BCUT2D eigenvalue weighted by atomic mass is 9.83. The molecule has 2 aromatic rings. The molecule has 0 bridgehead atoms. The predicted octanol–water partition coefficient (Wildman–Crippen LogP) is 3.06. The molecule has 1 aromatic heterocycles. The van der Waals surface area contributed by atoms with Crippen LogP contribution in [0.15, 0.2) is 70.4 Å². The van der Waals surface area contributed by atoms with Crippen LogP contribution in [-0.4, -0.2) is 12.6 Å². The molecule has 0 amide bonds. The average Bonchev–Trinajstić information content (AvgIpc) is 3.16. The van der Waals surface area contributed by atoms with Gasteiger partial charge in [0.15, 0.2) is 0 Å². The molecule has 1 aromatic carbocycles. The number of hydrogen-bond donors (Lipinski definition) is 1. The average molecular weight is 336 g/mol. The summed E-state index contributed by atoms with van der Waals surface area (Å²) in [4.78, 5) is 12.7. The SMILES string of the molecule is CCOC(=O)C1=C(c2ccccc2)OC(N)=C(C#N)C1c1ccoc1. The van der Waals surface area contributed by atoms with Crippen LogP contribution in [0.25, 0.3) is 5.76 Å². The zero-order chi connectivity index (χ0) is 17.8. The second-order valence-corrected chi connectivity index (χ2v) is 5.31. The van der Waals surface area contributed by atoms with Crippen molar-refractivity contribution in [1.29, 1.82) is 5.26 Å². The first kappa shape index (κ1) is 16.4. The van der Waals surface area contributed by atoms with Crippen LogP contribution in [0.1, 0.15) is 24.0 Å². The first-order valence-corrected chi connectivity index (χ1v) is 7.73. The smallest absolute Gasteiger partial charge is 0.338 e. The lowest BCUT2D eigenvalue weighted by Gasteiger charge is -2.27. The van der Waals surface area contributed by atoms with Crippen molar-refractivity contribution in [2.45, 2.75) is 12.8 Å². The molecule has 6 heteroatoms. The number of carbonyl (C=O) groups is 1. The maximum atomic E-state index is 12.7. The molecule has 25 heavy (non-hydrogen) atoms. The molecule has 0 aliphatic carbocycles. The van der Waals surface area contributed by atoms with E-state index in [1.54, 1.807) is 25.1 Å². The molecule has 2 N–H and O–H groups in total. The van der Waals surface area contributed by atoms with Gasteiger partial charge in [0.05, 0.1) is 30.6 Å². The highest BCUT2D eigenvalue weighted by molar-refractivity contribution is 5.99. The van der Waals surface area contributed by atoms with Crippen molar-refractivity contribution < 1.29 is 18.7 Å². The van der Waals surface area contributed by atoms with Gasteiger partial charge < -0.3 is 19.6 Å². The van der Waals surface area contributed by atoms with E-state index in [1.807, 2.05) is 24.3 Å². The van der Waals surface area contributed by atoms with Gasteiger partial charge in [-0.15, -0.1) is 0 Å². The molecule has 1 aliphatic heterocycles. The summed E-state index contributed by atoms with van der Waals surface area (Å²) in [6.45, 7) is 1.91. The zero-order valence-electron chi connectivity index (χ0n) is 13.6. The fraction of sp³-hybridized carbons (Fsp3) is 0.158. The van der Waals surface area contributed by atoms with Crippen LogP contribution >= 0.6 is 0 Å². The van der Waals surface area contributed by atoms with Crippen molar-refractivity contribution in [3.63, 3.8) is 0 Å². The lowest BCUT2D eigenvalue weighted by Crippen LogP contribution is -2.25. The van der Waals surface area contributed by atoms with E-state index in [0.717, 1.165) is 0 Å². The van der Waals surface area contributed by atoms with Gasteiger partial charge in [-0.25, -0.2) is 4.79 Å². The lowest BCUT2D eigenvalue weighted by molar-refractivity contribution is -0.138. The topological polar surface area (TPSA) is 98.5 Å². The number of allylic oxidation sites excluding steroid dienone is 1. The number of nitrogens with zero attached hydrogens (tertiary/aromatic N) is 1. The molecule has 126 valence electrons. The van der Waals surface area contributed by atoms with Crippen molar-refractivity contribution in [2.24, 2.45) is 5.73 Å². The van der Waals surface area contributed by atoms with Gasteiger partial charge in [-0.3, -0.25) is 0 Å². The van der Waals surface area contributed by atoms with Crippen LogP contribution in [-0.2, 0) is 14.3 Å². The van der Waals surface area contributed by atoms with Gasteiger partial charge in [-0.1, -0.05) is 30.3 Å². The van der Waals surface area contributed by atoms with E-state index in [1.165, 1.54) is 12.5 Å². The molecule has 3 rings (SSSR count). The van der Waals surface area contributed by atoms with Crippen LogP contribution in [0.4, 0.5) is 0 Å². The highest BCUT2D eigenvalue weighted by atomic mass is 16.5. The molecule has 1 unspecified atom stereocenters. The Morgan fingerprint density at radius 2 is 2.08 bits per heavy atom. The first-order chi connectivity index (χ1) is 12.2. The summed E-state index contributed by atoms with van der Waals surface area (Å²) < 4.78 is 16.0. The van der Waals surface area contributed by atoms with Gasteiger partial charge in [0.1, 0.15) is 17.4 Å². The van der Waals surface area contributed by atoms with Crippen molar-refractivity contribution in [3.8, 4) is 6.07 Å². The highest BCUT2D eigenvalue weighted by Crippen LogP contribution is 2.42. The minimum atomic E-state index is -0.716. The summed E-state index contributed by atoms with van der Waals surface area (Å²) in [7, 11) is 0. The van der Waals surface area contributed by atoms with Gasteiger partial charge in [0, 0.05) is 11.1 Å². The van der Waals surface area contributed by atoms with Crippen LogP contribution in [0.3, 0.4) is 0 Å². The summed E-state index contributed by atoms with van der Waals surface area (Å²) in [5, 5.41) is 9.54. The molecule has 0 radical (unpaired) electrons. The summed E-state index contributed by atoms with van der Waals surface area (Å²) in [5.74, 6) is -1.04. The molecular weight excluding hydrogens is 320 g/mol. The summed E-state index contributed by atoms with van der Waals surface area (Å²) >= 11 is 0. The first-order valence-electron chi connectivity index (χ1n) is 7.73. The highest BCUT2D eigenvalue weighted by Gasteiger charge is 2.38. The van der Waals surface area contributed by atoms with E-state index in [-0.39, 0.29) is 29.4 Å². The Hall–Kier alpha value is -3.46. The normalized spacial score (nSPS) is 17.0. The number of nitrogens with two attached hydrogens (primary N) is 1. The summed E-state index contributed by atoms with van der Waals surface area (Å²) in [6.07, 6.45) is 2.95. The molecule has 0 spiro atoms. The van der Waals surface area contributed by atoms with Gasteiger partial charge in [0.2, 0.25) is 5.88 Å². The van der Waals surface area contributed by atoms with Gasteiger partial charge in [-0.05, 0) is 13.0 Å². The minimum Gasteiger partial charge on any atom is -0.472 e. The Morgan fingerprint density at radius 1 is 1.32 bits per heavy atom. The van der Waals surface area contributed by atoms with Crippen molar-refractivity contribution in [3.05, 3.63) is 77.1 Å². The largest absolute Gasteiger partial charge is 0.472 e. The number of benzene rings is 1. The van der Waals surface area contributed by atoms with E-state index in [9.17, 15) is 10.1 Å². The van der Waals surface area contributed by atoms with Crippen LogP contribution in [0.5, 0.6) is 0 Å². The second kappa shape index (κ2) is 6.97. The standard InChI is InChI=1S/C19H16N2O4/c1-2-24-19(22)16-15(13-8-9-23-11-13)14(10-20)18(21)25-17(16)12-6-4-3-5-7-12/h3-9,11,15H,2,21H2,1H3. The number of furan rings is 1. The van der Waals surface area contributed by atoms with Crippen LogP contribution in [0.2, 0.25) is 0 Å². The second-order valence-electron chi connectivity index (χ2n) is 5.31. The molecule has 0 saturated carbocycles. The third kappa shape index (κ3) is 3.00. The fourth-order valence-electron chi connectivity index (χ4n) is 2.75. The van der Waals surface area contributed by atoms with Gasteiger partial charge >= 0.3 is 5.97 Å². The Morgan fingerprint density at radius 3 is 2.68 bits per heavy atom. The monoisotopic (exact) mass is 336 g/mol. The molecule has 0 fully saturated rings. The number of hydrogen-bond acceptors (Lipinski definition) is 6. The molecule has 1 aliphatic rings. The fourth-order valence-corrected chi connectivity index (χ4v) is 2.75. The van der Waals surface area contributed by atoms with Gasteiger partial charge in [0.25, 0.3) is 0 Å². The Bertz CT molecular complexity index is 874. The predicted molar refractivity (Wildman–Crippen MR) is 89.4 cm³/mol. The number of carbonyl (C=O) groups excluding carboxylic acids is 1. The van der Waals surface area contributed by atoms with Crippen LogP contribution in [0, 0.1) is 11.3 Å². The molecule has 6 nitrogen and oxygen atoms in total. The summed E-state index contributed by atoms with van der Waals surface area (Å²) in [6, 6.07) is 12.8. The minimum absolute atomic E-state index is 0.0411. The van der Waals surface area contributed by atoms with E-state index < -0.39 is 11.9 Å². The molecule has 0 saturated heterocycles. The molecule has 2 heterocycles. The number of ether oxygens (including phenoxy) is 2. The van der Waals surface area contributed by atoms with E-state index in [0.29, 0.717) is 11.1 Å². The number of esters is 1. The van der Waals surface area contributed by atoms with Crippen molar-refractivity contribution in [1.82, 2.24) is 0 Å². The van der Waals surface area contributed by atoms with E-state index in [2.05, 4.69) is 0 Å². The molecule has 1 atom stereocenters. The van der Waals surface area contributed by atoms with Crippen molar-refractivity contribution >= 4 is 11.7 Å². The Kier molecular flexibility index (Phi) is 4.57. The third-order valence-electron chi connectivity index (χ3n) is 3.83. The van der Waals surface area contributed by atoms with Crippen molar-refractivity contribution in [2.75, 3.05) is 6.61 Å². The zero-order valence-corrected chi connectivity index (χ0v) is 13.6. The number of nitriles is 1. The maximum Gasteiger partial charge on any atom is 0.338 e. The third-order valence-corrected chi connectivity index (χ3v) is 3.83. The Balaban J connectivity index is 2.25. The number of rotatable bonds is 4. The maximum absolute atomic E-state index is 12.7. The Labute approximate surface area is 144 Å². The van der Waals surface area contributed by atoms with E-state index in [4.69, 9.17) is 19.6 Å².